The molecule has 0 aliphatic heterocycles. The van der Waals surface area contributed by atoms with Gasteiger partial charge in [0, 0.05) is 12.3 Å². The largest absolute Gasteiger partial charge is 0.480 e. The normalized spacial score (nSPS) is 12.2. The van der Waals surface area contributed by atoms with Crippen molar-refractivity contribution in [3.63, 3.8) is 0 Å². The highest BCUT2D eigenvalue weighted by molar-refractivity contribution is 7.99. The third-order valence-electron chi connectivity index (χ3n) is 2.05. The van der Waals surface area contributed by atoms with E-state index in [1.165, 1.54) is 0 Å². The molecular weight excluding hydrogens is 240 g/mol. The van der Waals surface area contributed by atoms with Crippen molar-refractivity contribution in [2.24, 2.45) is 5.92 Å². The first-order chi connectivity index (χ1) is 7.97. The molecular formula is C11H22N2O3S. The van der Waals surface area contributed by atoms with Gasteiger partial charge in [0.05, 0.1) is 0 Å². The summed E-state index contributed by atoms with van der Waals surface area (Å²) in [4.78, 5) is 22.3. The maximum absolute atomic E-state index is 11.4. The van der Waals surface area contributed by atoms with Gasteiger partial charge in [0.15, 0.2) is 0 Å². The van der Waals surface area contributed by atoms with Crippen LogP contribution in [-0.4, -0.2) is 41.2 Å². The topological polar surface area (TPSA) is 78.4 Å². The molecule has 0 radical (unpaired) electrons. The summed E-state index contributed by atoms with van der Waals surface area (Å²) < 4.78 is 0. The van der Waals surface area contributed by atoms with E-state index >= 15 is 0 Å². The first-order valence-corrected chi connectivity index (χ1v) is 6.97. The number of urea groups is 1. The minimum atomic E-state index is -0.989. The maximum Gasteiger partial charge on any atom is 0.326 e. The summed E-state index contributed by atoms with van der Waals surface area (Å²) in [5.74, 6) is 1.09. The lowest BCUT2D eigenvalue weighted by Crippen LogP contribution is -2.47. The maximum atomic E-state index is 11.4. The molecule has 0 spiro atoms. The molecule has 0 saturated carbocycles. The molecule has 0 rings (SSSR count). The third-order valence-corrected chi connectivity index (χ3v) is 2.95. The highest BCUT2D eigenvalue weighted by Gasteiger charge is 2.20. The summed E-state index contributed by atoms with van der Waals surface area (Å²) in [6.07, 6.45) is 0.437. The molecule has 0 bridgehead atoms. The second kappa shape index (κ2) is 9.15. The van der Waals surface area contributed by atoms with Crippen LogP contribution in [0.4, 0.5) is 4.79 Å². The van der Waals surface area contributed by atoms with Gasteiger partial charge in [-0.25, -0.2) is 9.59 Å². The van der Waals surface area contributed by atoms with Crippen molar-refractivity contribution in [1.29, 1.82) is 0 Å². The number of hydrogen-bond acceptors (Lipinski definition) is 3. The number of carboxylic acid groups (broad SMARTS) is 1. The van der Waals surface area contributed by atoms with E-state index in [1.807, 2.05) is 20.8 Å². The molecule has 0 aromatic heterocycles. The summed E-state index contributed by atoms with van der Waals surface area (Å²) >= 11 is 1.73. The Kier molecular flexibility index (Phi) is 8.66. The van der Waals surface area contributed by atoms with Crippen LogP contribution in [0.25, 0.3) is 0 Å². The van der Waals surface area contributed by atoms with Crippen LogP contribution in [0.3, 0.4) is 0 Å². The number of carboxylic acids is 1. The SMILES string of the molecule is CCSCCNC(=O)NC(CC(C)C)C(=O)O. The molecule has 3 N–H and O–H groups in total. The van der Waals surface area contributed by atoms with Crippen LogP contribution in [-0.2, 0) is 4.79 Å². The first-order valence-electron chi connectivity index (χ1n) is 5.82. The van der Waals surface area contributed by atoms with Gasteiger partial charge in [-0.2, -0.15) is 11.8 Å². The number of amides is 2. The Morgan fingerprint density at radius 1 is 1.35 bits per heavy atom. The molecule has 0 aromatic carbocycles. The number of aliphatic carboxylic acids is 1. The Morgan fingerprint density at radius 3 is 2.47 bits per heavy atom. The molecule has 0 saturated heterocycles. The zero-order valence-electron chi connectivity index (χ0n) is 10.7. The van der Waals surface area contributed by atoms with E-state index in [0.29, 0.717) is 13.0 Å². The molecule has 6 heteroatoms. The first kappa shape index (κ1) is 16.1. The van der Waals surface area contributed by atoms with E-state index in [4.69, 9.17) is 5.11 Å². The summed E-state index contributed by atoms with van der Waals surface area (Å²) in [5.41, 5.74) is 0. The summed E-state index contributed by atoms with van der Waals surface area (Å²) in [5, 5.41) is 14.0. The lowest BCUT2D eigenvalue weighted by Gasteiger charge is -2.16. The van der Waals surface area contributed by atoms with Crippen LogP contribution in [0.2, 0.25) is 0 Å². The Morgan fingerprint density at radius 2 is 2.00 bits per heavy atom. The van der Waals surface area contributed by atoms with Crippen molar-refractivity contribution >= 4 is 23.8 Å². The van der Waals surface area contributed by atoms with Crippen LogP contribution in [0.15, 0.2) is 0 Å². The number of rotatable bonds is 8. The van der Waals surface area contributed by atoms with Gasteiger partial charge in [0.2, 0.25) is 0 Å². The number of nitrogens with one attached hydrogen (secondary N) is 2. The number of thioether (sulfide) groups is 1. The molecule has 0 heterocycles. The Bertz CT molecular complexity index is 247. The van der Waals surface area contributed by atoms with Crippen LogP contribution in [0.5, 0.6) is 0 Å². The quantitative estimate of drug-likeness (QED) is 0.580. The van der Waals surface area contributed by atoms with E-state index in [0.717, 1.165) is 11.5 Å². The summed E-state index contributed by atoms with van der Waals surface area (Å²) in [6, 6.07) is -1.22. The average Bonchev–Trinajstić information content (AvgIpc) is 2.22. The van der Waals surface area contributed by atoms with Gasteiger partial charge < -0.3 is 15.7 Å². The van der Waals surface area contributed by atoms with Gasteiger partial charge in [-0.3, -0.25) is 0 Å². The molecule has 0 aromatic rings. The second-order valence-electron chi connectivity index (χ2n) is 4.12. The van der Waals surface area contributed by atoms with E-state index in [2.05, 4.69) is 10.6 Å². The van der Waals surface area contributed by atoms with Crippen molar-refractivity contribution in [1.82, 2.24) is 10.6 Å². The van der Waals surface area contributed by atoms with Crippen LogP contribution in [0.1, 0.15) is 27.2 Å². The van der Waals surface area contributed by atoms with Gasteiger partial charge in [-0.15, -0.1) is 0 Å². The van der Waals surface area contributed by atoms with Crippen LogP contribution >= 0.6 is 11.8 Å². The highest BCUT2D eigenvalue weighted by Crippen LogP contribution is 2.04. The van der Waals surface area contributed by atoms with Gasteiger partial charge in [-0.1, -0.05) is 20.8 Å². The molecule has 100 valence electrons. The zero-order chi connectivity index (χ0) is 13.3. The highest BCUT2D eigenvalue weighted by atomic mass is 32.2. The fourth-order valence-corrected chi connectivity index (χ4v) is 1.82. The van der Waals surface area contributed by atoms with Gasteiger partial charge in [0.1, 0.15) is 6.04 Å². The second-order valence-corrected chi connectivity index (χ2v) is 5.51. The fourth-order valence-electron chi connectivity index (χ4n) is 1.28. The molecule has 17 heavy (non-hydrogen) atoms. The van der Waals surface area contributed by atoms with Gasteiger partial charge in [0.25, 0.3) is 0 Å². The Hall–Kier alpha value is -0.910. The van der Waals surface area contributed by atoms with E-state index in [-0.39, 0.29) is 5.92 Å². The predicted molar refractivity (Wildman–Crippen MR) is 70.4 cm³/mol. The molecule has 5 nitrogen and oxygen atoms in total. The lowest BCUT2D eigenvalue weighted by atomic mass is 10.0. The lowest BCUT2D eigenvalue weighted by molar-refractivity contribution is -0.139. The minimum Gasteiger partial charge on any atom is -0.480 e. The molecule has 1 unspecified atom stereocenters. The van der Waals surface area contributed by atoms with Crippen molar-refractivity contribution < 1.29 is 14.7 Å². The molecule has 0 fully saturated rings. The van der Waals surface area contributed by atoms with Crippen molar-refractivity contribution in [2.45, 2.75) is 33.2 Å². The Labute approximate surface area is 107 Å². The molecule has 0 aliphatic carbocycles. The molecule has 1 atom stereocenters. The van der Waals surface area contributed by atoms with E-state index in [1.54, 1.807) is 11.8 Å². The van der Waals surface area contributed by atoms with Crippen LogP contribution in [0, 0.1) is 5.92 Å². The fraction of sp³-hybridized carbons (Fsp3) is 0.818. The molecule has 0 aliphatic rings. The minimum absolute atomic E-state index is 0.229. The smallest absolute Gasteiger partial charge is 0.326 e. The van der Waals surface area contributed by atoms with Crippen molar-refractivity contribution in [2.75, 3.05) is 18.1 Å². The summed E-state index contributed by atoms with van der Waals surface area (Å²) in [7, 11) is 0. The number of hydrogen-bond donors (Lipinski definition) is 3. The monoisotopic (exact) mass is 262 g/mol. The van der Waals surface area contributed by atoms with Crippen molar-refractivity contribution in [3.05, 3.63) is 0 Å². The predicted octanol–water partition coefficient (Wildman–Crippen LogP) is 1.54. The van der Waals surface area contributed by atoms with E-state index in [9.17, 15) is 9.59 Å². The van der Waals surface area contributed by atoms with Crippen molar-refractivity contribution in [3.8, 4) is 0 Å². The number of carbonyl (C=O) groups is 2. The zero-order valence-corrected chi connectivity index (χ0v) is 11.5. The Balaban J connectivity index is 3.91. The standard InChI is InChI=1S/C11H22N2O3S/c1-4-17-6-5-12-11(16)13-9(10(14)15)7-8(2)3/h8-9H,4-7H2,1-3H3,(H,14,15)(H2,12,13,16). The third kappa shape index (κ3) is 8.85. The van der Waals surface area contributed by atoms with Gasteiger partial charge >= 0.3 is 12.0 Å². The number of carbonyl (C=O) groups excluding carboxylic acids is 1. The molecule has 2 amide bonds. The van der Waals surface area contributed by atoms with Gasteiger partial charge in [-0.05, 0) is 18.1 Å². The summed E-state index contributed by atoms with van der Waals surface area (Å²) in [6.45, 7) is 6.45. The van der Waals surface area contributed by atoms with Crippen LogP contribution < -0.4 is 10.6 Å². The van der Waals surface area contributed by atoms with E-state index < -0.39 is 18.0 Å². The average molecular weight is 262 g/mol.